The molecule has 1 aromatic carbocycles. The Labute approximate surface area is 87.8 Å². The first kappa shape index (κ1) is 10.4. The van der Waals surface area contributed by atoms with Crippen molar-refractivity contribution in [2.75, 3.05) is 18.0 Å². The molecule has 0 bridgehead atoms. The minimum atomic E-state index is -0.392. The van der Waals surface area contributed by atoms with Crippen LogP contribution in [-0.2, 0) is 6.61 Å². The summed E-state index contributed by atoms with van der Waals surface area (Å²) in [5.74, 6) is -0.337. The number of para-hydroxylation sites is 1. The van der Waals surface area contributed by atoms with Gasteiger partial charge in [-0.1, -0.05) is 12.1 Å². The van der Waals surface area contributed by atoms with Crippen molar-refractivity contribution in [1.29, 1.82) is 0 Å². The van der Waals surface area contributed by atoms with Gasteiger partial charge in [-0.3, -0.25) is 0 Å². The topological polar surface area (TPSA) is 43.7 Å². The van der Waals surface area contributed by atoms with Gasteiger partial charge in [-0.25, -0.2) is 4.39 Å². The third-order valence-corrected chi connectivity index (χ3v) is 2.72. The number of rotatable bonds is 2. The first-order valence-corrected chi connectivity index (χ1v) is 5.03. The smallest absolute Gasteiger partial charge is 0.146 e. The highest BCUT2D eigenvalue weighted by Crippen LogP contribution is 2.27. The molecule has 82 valence electrons. The number of aliphatic hydroxyl groups excluding tert-OH is 2. The lowest BCUT2D eigenvalue weighted by molar-refractivity contribution is 0.198. The van der Waals surface area contributed by atoms with Crippen LogP contribution < -0.4 is 4.90 Å². The minimum Gasteiger partial charge on any atom is -0.392 e. The van der Waals surface area contributed by atoms with Crippen molar-refractivity contribution in [3.05, 3.63) is 29.6 Å². The summed E-state index contributed by atoms with van der Waals surface area (Å²) in [7, 11) is 0. The second-order valence-electron chi connectivity index (χ2n) is 3.79. The monoisotopic (exact) mass is 211 g/mol. The number of β-amino-alcohol motifs (C(OH)–C–C–N with tert-alkyl or cyclic N) is 1. The zero-order valence-corrected chi connectivity index (χ0v) is 8.36. The van der Waals surface area contributed by atoms with Crippen LogP contribution >= 0.6 is 0 Å². The summed E-state index contributed by atoms with van der Waals surface area (Å²) in [6.45, 7) is 0.892. The number of anilines is 1. The largest absolute Gasteiger partial charge is 0.392 e. The Bertz CT molecular complexity index is 356. The fourth-order valence-corrected chi connectivity index (χ4v) is 1.99. The molecule has 1 aliphatic rings. The fraction of sp³-hybridized carbons (Fsp3) is 0.455. The zero-order valence-electron chi connectivity index (χ0n) is 8.36. The van der Waals surface area contributed by atoms with Crippen molar-refractivity contribution in [2.45, 2.75) is 19.1 Å². The summed E-state index contributed by atoms with van der Waals surface area (Å²) in [6.07, 6.45) is 0.260. The van der Waals surface area contributed by atoms with E-state index in [4.69, 9.17) is 5.11 Å². The van der Waals surface area contributed by atoms with Crippen LogP contribution in [0.4, 0.5) is 10.1 Å². The van der Waals surface area contributed by atoms with Gasteiger partial charge >= 0.3 is 0 Å². The van der Waals surface area contributed by atoms with Crippen molar-refractivity contribution >= 4 is 5.69 Å². The Hall–Kier alpha value is -1.13. The lowest BCUT2D eigenvalue weighted by Crippen LogP contribution is -2.23. The van der Waals surface area contributed by atoms with E-state index in [-0.39, 0.29) is 12.4 Å². The minimum absolute atomic E-state index is 0.181. The second-order valence-corrected chi connectivity index (χ2v) is 3.79. The van der Waals surface area contributed by atoms with E-state index in [0.29, 0.717) is 30.8 Å². The van der Waals surface area contributed by atoms with E-state index in [0.717, 1.165) is 0 Å². The normalized spacial score (nSPS) is 21.0. The van der Waals surface area contributed by atoms with Crippen LogP contribution in [-0.4, -0.2) is 29.4 Å². The summed E-state index contributed by atoms with van der Waals surface area (Å²) in [6, 6.07) is 4.65. The van der Waals surface area contributed by atoms with Crippen molar-refractivity contribution in [3.63, 3.8) is 0 Å². The molecule has 3 nitrogen and oxygen atoms in total. The summed E-state index contributed by atoms with van der Waals surface area (Å²) in [5.41, 5.74) is 1.00. The van der Waals surface area contributed by atoms with Gasteiger partial charge in [0.15, 0.2) is 0 Å². The molecule has 1 heterocycles. The Morgan fingerprint density at radius 2 is 2.27 bits per heavy atom. The molecule has 0 aromatic heterocycles. The Morgan fingerprint density at radius 1 is 1.47 bits per heavy atom. The van der Waals surface area contributed by atoms with Crippen molar-refractivity contribution in [3.8, 4) is 0 Å². The van der Waals surface area contributed by atoms with Gasteiger partial charge in [0.25, 0.3) is 0 Å². The first-order chi connectivity index (χ1) is 7.22. The SMILES string of the molecule is OCc1cccc(F)c1N1CCC(O)C1. The van der Waals surface area contributed by atoms with E-state index in [1.165, 1.54) is 6.07 Å². The van der Waals surface area contributed by atoms with Crippen LogP contribution in [0.5, 0.6) is 0 Å². The Morgan fingerprint density at radius 3 is 2.87 bits per heavy atom. The Balaban J connectivity index is 2.33. The third-order valence-electron chi connectivity index (χ3n) is 2.72. The molecule has 1 aromatic rings. The molecule has 1 saturated heterocycles. The van der Waals surface area contributed by atoms with Gasteiger partial charge in [-0.05, 0) is 12.5 Å². The molecule has 15 heavy (non-hydrogen) atoms. The zero-order chi connectivity index (χ0) is 10.8. The molecule has 0 radical (unpaired) electrons. The molecular formula is C11H14FNO2. The highest BCUT2D eigenvalue weighted by Gasteiger charge is 2.24. The van der Waals surface area contributed by atoms with E-state index in [1.807, 2.05) is 0 Å². The van der Waals surface area contributed by atoms with Gasteiger partial charge in [0.1, 0.15) is 5.82 Å². The van der Waals surface area contributed by atoms with Gasteiger partial charge in [-0.15, -0.1) is 0 Å². The predicted octanol–water partition coefficient (Wildman–Crippen LogP) is 0.889. The quantitative estimate of drug-likeness (QED) is 0.763. The van der Waals surface area contributed by atoms with Gasteiger partial charge < -0.3 is 15.1 Å². The summed E-state index contributed by atoms with van der Waals surface area (Å²) >= 11 is 0. The van der Waals surface area contributed by atoms with Gasteiger partial charge in [0, 0.05) is 18.7 Å². The van der Waals surface area contributed by atoms with E-state index < -0.39 is 6.10 Å². The van der Waals surface area contributed by atoms with E-state index in [9.17, 15) is 9.50 Å². The molecule has 1 atom stereocenters. The second kappa shape index (κ2) is 4.16. The molecule has 0 spiro atoms. The maximum absolute atomic E-state index is 13.6. The van der Waals surface area contributed by atoms with Crippen molar-refractivity contribution in [2.24, 2.45) is 0 Å². The number of halogens is 1. The number of benzene rings is 1. The maximum Gasteiger partial charge on any atom is 0.146 e. The van der Waals surface area contributed by atoms with E-state index >= 15 is 0 Å². The Kier molecular flexibility index (Phi) is 2.88. The highest BCUT2D eigenvalue weighted by molar-refractivity contribution is 5.55. The van der Waals surface area contributed by atoms with E-state index in [1.54, 1.807) is 17.0 Å². The lowest BCUT2D eigenvalue weighted by atomic mass is 10.1. The van der Waals surface area contributed by atoms with Crippen LogP contribution in [0.15, 0.2) is 18.2 Å². The number of hydrogen-bond acceptors (Lipinski definition) is 3. The van der Waals surface area contributed by atoms with Crippen LogP contribution in [0.2, 0.25) is 0 Å². The molecule has 2 rings (SSSR count). The summed E-state index contributed by atoms with van der Waals surface area (Å²) < 4.78 is 13.6. The molecule has 0 saturated carbocycles. The summed E-state index contributed by atoms with van der Waals surface area (Å²) in [5, 5.41) is 18.5. The molecule has 0 aliphatic carbocycles. The third kappa shape index (κ3) is 1.96. The highest BCUT2D eigenvalue weighted by atomic mass is 19.1. The standard InChI is InChI=1S/C11H14FNO2/c12-10-3-1-2-8(7-14)11(10)13-5-4-9(15)6-13/h1-3,9,14-15H,4-7H2. The number of hydrogen-bond donors (Lipinski definition) is 2. The molecule has 1 aliphatic heterocycles. The van der Waals surface area contributed by atoms with Crippen molar-refractivity contribution in [1.82, 2.24) is 0 Å². The molecule has 4 heteroatoms. The summed E-state index contributed by atoms with van der Waals surface area (Å²) in [4.78, 5) is 1.78. The van der Waals surface area contributed by atoms with Gasteiger partial charge in [0.05, 0.1) is 18.4 Å². The van der Waals surface area contributed by atoms with Crippen LogP contribution in [0.25, 0.3) is 0 Å². The molecule has 0 amide bonds. The molecular weight excluding hydrogens is 197 g/mol. The molecule has 1 fully saturated rings. The van der Waals surface area contributed by atoms with Gasteiger partial charge in [0.2, 0.25) is 0 Å². The fourth-order valence-electron chi connectivity index (χ4n) is 1.99. The van der Waals surface area contributed by atoms with Crippen LogP contribution in [0.3, 0.4) is 0 Å². The number of aliphatic hydroxyl groups is 2. The average Bonchev–Trinajstić information content (AvgIpc) is 2.64. The van der Waals surface area contributed by atoms with Crippen molar-refractivity contribution < 1.29 is 14.6 Å². The molecule has 1 unspecified atom stereocenters. The predicted molar refractivity (Wildman–Crippen MR) is 55.2 cm³/mol. The van der Waals surface area contributed by atoms with Gasteiger partial charge in [-0.2, -0.15) is 0 Å². The molecule has 2 N–H and O–H groups in total. The maximum atomic E-state index is 13.6. The first-order valence-electron chi connectivity index (χ1n) is 5.03. The number of nitrogens with zero attached hydrogens (tertiary/aromatic N) is 1. The average molecular weight is 211 g/mol. The van der Waals surface area contributed by atoms with Crippen LogP contribution in [0.1, 0.15) is 12.0 Å². The van der Waals surface area contributed by atoms with E-state index in [2.05, 4.69) is 0 Å². The lowest BCUT2D eigenvalue weighted by Gasteiger charge is -2.21. The van der Waals surface area contributed by atoms with Crippen LogP contribution in [0, 0.1) is 5.82 Å².